The van der Waals surface area contributed by atoms with Gasteiger partial charge in [0.05, 0.1) is 11.6 Å². The standard InChI is InChI=1S/C17H22N6O2/c1-3-6-19-17(25)21-16(24)13(2)22-7-9-23(10-8-22)15-5-4-14(11-18)12-20-15/h3-5,12-13H,1,6-10H2,2H3,(H2,19,21,24,25). The second-order valence-electron chi connectivity index (χ2n) is 5.70. The van der Waals surface area contributed by atoms with E-state index in [-0.39, 0.29) is 5.91 Å². The fourth-order valence-electron chi connectivity index (χ4n) is 2.57. The Morgan fingerprint density at radius 3 is 2.68 bits per heavy atom. The summed E-state index contributed by atoms with van der Waals surface area (Å²) < 4.78 is 0. The number of nitriles is 1. The van der Waals surface area contributed by atoms with Crippen LogP contribution in [0.2, 0.25) is 0 Å². The zero-order chi connectivity index (χ0) is 18.2. The monoisotopic (exact) mass is 342 g/mol. The molecule has 1 atom stereocenters. The minimum Gasteiger partial charge on any atom is -0.354 e. The molecule has 1 fully saturated rings. The van der Waals surface area contributed by atoms with Gasteiger partial charge in [-0.05, 0) is 19.1 Å². The Morgan fingerprint density at radius 1 is 1.40 bits per heavy atom. The van der Waals surface area contributed by atoms with Crippen molar-refractivity contribution in [2.75, 3.05) is 37.6 Å². The number of carbonyl (C=O) groups excluding carboxylic acids is 2. The van der Waals surface area contributed by atoms with Crippen LogP contribution in [0.1, 0.15) is 12.5 Å². The van der Waals surface area contributed by atoms with Crippen molar-refractivity contribution in [1.82, 2.24) is 20.5 Å². The number of aromatic nitrogens is 1. The first kappa shape index (κ1) is 18.4. The maximum atomic E-state index is 12.1. The minimum atomic E-state index is -0.517. The molecule has 1 aliphatic heterocycles. The van der Waals surface area contributed by atoms with Crippen molar-refractivity contribution in [3.63, 3.8) is 0 Å². The van der Waals surface area contributed by atoms with Crippen LogP contribution in [-0.2, 0) is 4.79 Å². The van der Waals surface area contributed by atoms with Gasteiger partial charge < -0.3 is 10.2 Å². The third-order valence-corrected chi connectivity index (χ3v) is 4.09. The van der Waals surface area contributed by atoms with Crippen LogP contribution in [0.5, 0.6) is 0 Å². The molecular formula is C17H22N6O2. The van der Waals surface area contributed by atoms with E-state index in [4.69, 9.17) is 5.26 Å². The SMILES string of the molecule is C=CCNC(=O)NC(=O)C(C)N1CCN(c2ccc(C#N)cn2)CC1. The predicted molar refractivity (Wildman–Crippen MR) is 93.9 cm³/mol. The van der Waals surface area contributed by atoms with Crippen LogP contribution < -0.4 is 15.5 Å². The molecule has 0 radical (unpaired) electrons. The molecule has 1 aromatic rings. The number of urea groups is 1. The average Bonchev–Trinajstić information content (AvgIpc) is 2.66. The molecule has 0 saturated carbocycles. The fourth-order valence-corrected chi connectivity index (χ4v) is 2.57. The highest BCUT2D eigenvalue weighted by molar-refractivity contribution is 5.96. The number of piperazine rings is 1. The van der Waals surface area contributed by atoms with Crippen molar-refractivity contribution in [1.29, 1.82) is 5.26 Å². The molecule has 2 heterocycles. The van der Waals surface area contributed by atoms with Crippen LogP contribution >= 0.6 is 0 Å². The zero-order valence-electron chi connectivity index (χ0n) is 14.2. The van der Waals surface area contributed by atoms with Gasteiger partial charge in [0.1, 0.15) is 11.9 Å². The van der Waals surface area contributed by atoms with Gasteiger partial charge in [0.25, 0.3) is 0 Å². The number of amides is 3. The molecule has 3 amide bonds. The molecule has 2 rings (SSSR count). The summed E-state index contributed by atoms with van der Waals surface area (Å²) in [5.74, 6) is 0.492. The molecule has 1 aliphatic rings. The van der Waals surface area contributed by atoms with Crippen LogP contribution in [-0.4, -0.2) is 60.6 Å². The maximum absolute atomic E-state index is 12.1. The van der Waals surface area contributed by atoms with Gasteiger partial charge in [-0.1, -0.05) is 6.08 Å². The molecular weight excluding hydrogens is 320 g/mol. The number of rotatable bonds is 5. The lowest BCUT2D eigenvalue weighted by Crippen LogP contribution is -2.55. The summed E-state index contributed by atoms with van der Waals surface area (Å²) in [7, 11) is 0. The van der Waals surface area contributed by atoms with Crippen molar-refractivity contribution < 1.29 is 9.59 Å². The van der Waals surface area contributed by atoms with Crippen LogP contribution in [0.25, 0.3) is 0 Å². The Bertz CT molecular complexity index is 659. The van der Waals surface area contributed by atoms with E-state index in [9.17, 15) is 9.59 Å². The van der Waals surface area contributed by atoms with Gasteiger partial charge in [0.15, 0.2) is 0 Å². The van der Waals surface area contributed by atoms with E-state index in [0.29, 0.717) is 25.2 Å². The largest absolute Gasteiger partial charge is 0.354 e. The van der Waals surface area contributed by atoms with Gasteiger partial charge in [-0.15, -0.1) is 6.58 Å². The summed E-state index contributed by atoms with van der Waals surface area (Å²) in [5, 5.41) is 13.7. The van der Waals surface area contributed by atoms with Crippen molar-refractivity contribution in [2.45, 2.75) is 13.0 Å². The van der Waals surface area contributed by atoms with Crippen LogP contribution in [0.3, 0.4) is 0 Å². The van der Waals surface area contributed by atoms with Crippen molar-refractivity contribution in [2.24, 2.45) is 0 Å². The first-order valence-corrected chi connectivity index (χ1v) is 8.10. The molecule has 25 heavy (non-hydrogen) atoms. The fraction of sp³-hybridized carbons (Fsp3) is 0.412. The van der Waals surface area contributed by atoms with E-state index in [1.165, 1.54) is 0 Å². The highest BCUT2D eigenvalue weighted by Crippen LogP contribution is 2.15. The Balaban J connectivity index is 1.84. The molecule has 1 unspecified atom stereocenters. The third kappa shape index (κ3) is 5.02. The number of nitrogens with one attached hydrogen (secondary N) is 2. The van der Waals surface area contributed by atoms with E-state index >= 15 is 0 Å². The smallest absolute Gasteiger partial charge is 0.321 e. The number of imide groups is 1. The summed E-state index contributed by atoms with van der Waals surface area (Å²) in [6, 6.07) is 4.70. The highest BCUT2D eigenvalue weighted by atomic mass is 16.2. The van der Waals surface area contributed by atoms with E-state index in [2.05, 4.69) is 27.1 Å². The maximum Gasteiger partial charge on any atom is 0.321 e. The normalized spacial score (nSPS) is 15.8. The summed E-state index contributed by atoms with van der Waals surface area (Å²) in [4.78, 5) is 32.1. The lowest BCUT2D eigenvalue weighted by Gasteiger charge is -2.37. The third-order valence-electron chi connectivity index (χ3n) is 4.09. The quantitative estimate of drug-likeness (QED) is 0.755. The first-order valence-electron chi connectivity index (χ1n) is 8.10. The number of nitrogens with zero attached hydrogens (tertiary/aromatic N) is 4. The second-order valence-corrected chi connectivity index (χ2v) is 5.70. The molecule has 1 saturated heterocycles. The Hall–Kier alpha value is -2.92. The van der Waals surface area contributed by atoms with Gasteiger partial charge in [-0.3, -0.25) is 15.0 Å². The Kier molecular flexibility index (Phi) is 6.48. The molecule has 8 heteroatoms. The highest BCUT2D eigenvalue weighted by Gasteiger charge is 2.26. The van der Waals surface area contributed by atoms with Crippen LogP contribution in [0.4, 0.5) is 10.6 Å². The number of hydrogen-bond acceptors (Lipinski definition) is 6. The lowest BCUT2D eigenvalue weighted by atomic mass is 10.2. The van der Waals surface area contributed by atoms with E-state index in [0.717, 1.165) is 18.9 Å². The first-order chi connectivity index (χ1) is 12.0. The van der Waals surface area contributed by atoms with Crippen LogP contribution in [0.15, 0.2) is 31.0 Å². The lowest BCUT2D eigenvalue weighted by molar-refractivity contribution is -0.124. The topological polar surface area (TPSA) is 101 Å². The van der Waals surface area contributed by atoms with Gasteiger partial charge in [-0.25, -0.2) is 9.78 Å². The van der Waals surface area contributed by atoms with Gasteiger partial charge >= 0.3 is 6.03 Å². The average molecular weight is 342 g/mol. The van der Waals surface area contributed by atoms with E-state index in [1.54, 1.807) is 25.3 Å². The van der Waals surface area contributed by atoms with E-state index in [1.807, 2.05) is 17.0 Å². The van der Waals surface area contributed by atoms with Crippen molar-refractivity contribution in [3.05, 3.63) is 36.5 Å². The summed E-state index contributed by atoms with van der Waals surface area (Å²) >= 11 is 0. The number of anilines is 1. The summed E-state index contributed by atoms with van der Waals surface area (Å²) in [5.41, 5.74) is 0.530. The predicted octanol–water partition coefficient (Wildman–Crippen LogP) is 0.476. The number of carbonyl (C=O) groups is 2. The minimum absolute atomic E-state index is 0.309. The van der Waals surface area contributed by atoms with Crippen LogP contribution in [0, 0.1) is 11.3 Å². The second kappa shape index (κ2) is 8.80. The molecule has 2 N–H and O–H groups in total. The summed E-state index contributed by atoms with van der Waals surface area (Å²) in [6.45, 7) is 8.41. The molecule has 0 aliphatic carbocycles. The van der Waals surface area contributed by atoms with E-state index < -0.39 is 12.1 Å². The number of pyridine rings is 1. The Morgan fingerprint density at radius 2 is 2.12 bits per heavy atom. The van der Waals surface area contributed by atoms with Crippen molar-refractivity contribution >= 4 is 17.8 Å². The molecule has 0 spiro atoms. The molecule has 132 valence electrons. The summed E-state index contributed by atoms with van der Waals surface area (Å²) in [6.07, 6.45) is 3.10. The van der Waals surface area contributed by atoms with Gasteiger partial charge in [0, 0.05) is 38.9 Å². The van der Waals surface area contributed by atoms with Gasteiger partial charge in [-0.2, -0.15) is 5.26 Å². The molecule has 0 bridgehead atoms. The van der Waals surface area contributed by atoms with Crippen molar-refractivity contribution in [3.8, 4) is 6.07 Å². The molecule has 0 aromatic carbocycles. The zero-order valence-corrected chi connectivity index (χ0v) is 14.2. The Labute approximate surface area is 147 Å². The van der Waals surface area contributed by atoms with Gasteiger partial charge in [0.2, 0.25) is 5.91 Å². The molecule has 1 aromatic heterocycles. The molecule has 8 nitrogen and oxygen atoms in total. The number of hydrogen-bond donors (Lipinski definition) is 2.